The van der Waals surface area contributed by atoms with Gasteiger partial charge in [-0.05, 0) is 0 Å². The van der Waals surface area contributed by atoms with Gasteiger partial charge in [0, 0.05) is 12.4 Å². The van der Waals surface area contributed by atoms with Gasteiger partial charge >= 0.3 is 0 Å². The Labute approximate surface area is 58.3 Å². The van der Waals surface area contributed by atoms with Crippen LogP contribution in [0.1, 0.15) is 0 Å². The van der Waals surface area contributed by atoms with Crippen LogP contribution in [0.15, 0.2) is 12.4 Å². The third-order valence-corrected chi connectivity index (χ3v) is 0.519. The summed E-state index contributed by atoms with van der Waals surface area (Å²) in [6.45, 7) is 0. The number of hydrogen-bond acceptors (Lipinski definition) is 2. The largest absolute Gasteiger partial charge is 0.369 e. The van der Waals surface area contributed by atoms with Gasteiger partial charge in [0.05, 0.1) is 0 Å². The van der Waals surface area contributed by atoms with Crippen molar-refractivity contribution in [1.29, 1.82) is 0 Å². The molecule has 1 rings (SSSR count). The minimum atomic E-state index is 0. The fraction of sp³-hybridized carbons (Fsp3) is 0. The van der Waals surface area contributed by atoms with Crippen molar-refractivity contribution in [2.75, 3.05) is 5.73 Å². The molecule has 0 unspecified atom stereocenters. The Balaban J connectivity index is 0.000000360. The van der Waals surface area contributed by atoms with Gasteiger partial charge in [-0.15, -0.1) is 24.0 Å². The van der Waals surface area contributed by atoms with Gasteiger partial charge < -0.3 is 10.7 Å². The molecule has 4 heteroatoms. The van der Waals surface area contributed by atoms with Crippen LogP contribution in [0.25, 0.3) is 0 Å². The molecule has 3 N–H and O–H groups in total. The molecule has 0 aromatic carbocycles. The Kier molecular flexibility index (Phi) is 2.73. The molecule has 0 saturated carbocycles. The van der Waals surface area contributed by atoms with E-state index in [2.05, 4.69) is 9.97 Å². The number of nitrogens with zero attached hydrogens (tertiary/aromatic N) is 1. The molecule has 0 aliphatic heterocycles. The smallest absolute Gasteiger partial charge is 0.197 e. The topological polar surface area (TPSA) is 54.7 Å². The van der Waals surface area contributed by atoms with Gasteiger partial charge in [0.25, 0.3) is 0 Å². The Bertz CT molecular complexity index is 114. The van der Waals surface area contributed by atoms with Crippen LogP contribution in [0, 0.1) is 0 Å². The molecule has 0 aliphatic carbocycles. The summed E-state index contributed by atoms with van der Waals surface area (Å²) in [6, 6.07) is 0. The zero-order valence-corrected chi connectivity index (χ0v) is 5.92. The minimum absolute atomic E-state index is 0. The Morgan fingerprint density at radius 2 is 2.43 bits per heavy atom. The van der Waals surface area contributed by atoms with Crippen molar-refractivity contribution in [3.05, 3.63) is 12.4 Å². The fourth-order valence-electron chi connectivity index (χ4n) is 0.277. The van der Waals surface area contributed by atoms with Gasteiger partial charge in [-0.1, -0.05) is 0 Å². The van der Waals surface area contributed by atoms with Crippen molar-refractivity contribution in [3.63, 3.8) is 0 Å². The van der Waals surface area contributed by atoms with Crippen LogP contribution in [0.2, 0.25) is 0 Å². The first-order chi connectivity index (χ1) is 2.89. The minimum Gasteiger partial charge on any atom is -0.369 e. The predicted octanol–water partition coefficient (Wildman–Crippen LogP) is 0.610. The first-order valence-corrected chi connectivity index (χ1v) is 1.64. The highest BCUT2D eigenvalue weighted by molar-refractivity contribution is 14.0. The predicted molar refractivity (Wildman–Crippen MR) is 38.4 cm³/mol. The van der Waals surface area contributed by atoms with E-state index < -0.39 is 0 Å². The van der Waals surface area contributed by atoms with Gasteiger partial charge in [-0.25, -0.2) is 4.98 Å². The maximum Gasteiger partial charge on any atom is 0.197 e. The van der Waals surface area contributed by atoms with E-state index in [9.17, 15) is 0 Å². The van der Waals surface area contributed by atoms with Crippen LogP contribution in [-0.2, 0) is 0 Å². The first kappa shape index (κ1) is 6.74. The maximum atomic E-state index is 5.11. The lowest BCUT2D eigenvalue weighted by molar-refractivity contribution is 1.33. The van der Waals surface area contributed by atoms with Crippen LogP contribution in [0.5, 0.6) is 0 Å². The molecule has 0 atom stereocenters. The number of hydrogen-bond donors (Lipinski definition) is 2. The van der Waals surface area contributed by atoms with E-state index in [0.29, 0.717) is 5.95 Å². The summed E-state index contributed by atoms with van der Waals surface area (Å²) >= 11 is 0. The SMILES string of the molecule is I.Nc1ncc[nH]1. The summed E-state index contributed by atoms with van der Waals surface area (Å²) in [7, 11) is 0. The molecule has 0 spiro atoms. The zero-order valence-electron chi connectivity index (χ0n) is 3.59. The normalized spacial score (nSPS) is 7.43. The molecular formula is C3H6IN3. The number of rotatable bonds is 0. The average molecular weight is 211 g/mol. The summed E-state index contributed by atoms with van der Waals surface area (Å²) < 4.78 is 0. The number of imidazole rings is 1. The second-order valence-corrected chi connectivity index (χ2v) is 0.974. The molecule has 0 amide bonds. The molecule has 1 aromatic heterocycles. The Morgan fingerprint density at radius 3 is 2.57 bits per heavy atom. The molecule has 0 aliphatic rings. The molecule has 0 saturated heterocycles. The van der Waals surface area contributed by atoms with Gasteiger partial charge in [0.15, 0.2) is 5.95 Å². The highest BCUT2D eigenvalue weighted by Gasteiger charge is 1.74. The summed E-state index contributed by atoms with van der Waals surface area (Å²) in [5.41, 5.74) is 5.11. The van der Waals surface area contributed by atoms with Gasteiger partial charge in [-0.3, -0.25) is 0 Å². The summed E-state index contributed by atoms with van der Waals surface area (Å²) in [4.78, 5) is 6.31. The van der Waals surface area contributed by atoms with E-state index in [1.54, 1.807) is 12.4 Å². The lowest BCUT2D eigenvalue weighted by Gasteiger charge is -1.70. The van der Waals surface area contributed by atoms with Crippen molar-refractivity contribution in [3.8, 4) is 0 Å². The molecule has 40 valence electrons. The van der Waals surface area contributed by atoms with Crippen LogP contribution >= 0.6 is 24.0 Å². The summed E-state index contributed by atoms with van der Waals surface area (Å²) in [5.74, 6) is 0.468. The third-order valence-electron chi connectivity index (χ3n) is 0.519. The van der Waals surface area contributed by atoms with E-state index in [-0.39, 0.29) is 24.0 Å². The van der Waals surface area contributed by atoms with Crippen molar-refractivity contribution < 1.29 is 0 Å². The van der Waals surface area contributed by atoms with Gasteiger partial charge in [-0.2, -0.15) is 0 Å². The molecule has 1 heterocycles. The number of aromatic amines is 1. The van der Waals surface area contributed by atoms with Crippen LogP contribution in [0.3, 0.4) is 0 Å². The van der Waals surface area contributed by atoms with Crippen molar-refractivity contribution in [2.24, 2.45) is 0 Å². The van der Waals surface area contributed by atoms with Crippen molar-refractivity contribution in [1.82, 2.24) is 9.97 Å². The maximum absolute atomic E-state index is 5.11. The number of nitrogens with one attached hydrogen (secondary N) is 1. The second-order valence-electron chi connectivity index (χ2n) is 0.974. The first-order valence-electron chi connectivity index (χ1n) is 1.64. The fourth-order valence-corrected chi connectivity index (χ4v) is 0.277. The molecule has 0 fully saturated rings. The second kappa shape index (κ2) is 2.84. The standard InChI is InChI=1S/C3H5N3.HI/c4-3-5-1-2-6-3;/h1-2H,(H3,4,5,6);1H. The van der Waals surface area contributed by atoms with E-state index in [1.165, 1.54) is 0 Å². The van der Waals surface area contributed by atoms with Gasteiger partial charge in [0.2, 0.25) is 0 Å². The van der Waals surface area contributed by atoms with Crippen LogP contribution < -0.4 is 5.73 Å². The van der Waals surface area contributed by atoms with Crippen LogP contribution in [-0.4, -0.2) is 9.97 Å². The zero-order chi connectivity index (χ0) is 4.41. The number of anilines is 1. The lowest BCUT2D eigenvalue weighted by Crippen LogP contribution is -1.83. The molecule has 1 aromatic rings. The summed E-state index contributed by atoms with van der Waals surface area (Å²) in [5, 5.41) is 0. The molecule has 0 radical (unpaired) electrons. The number of nitrogens with two attached hydrogens (primary N) is 1. The van der Waals surface area contributed by atoms with E-state index in [4.69, 9.17) is 5.73 Å². The van der Waals surface area contributed by atoms with E-state index >= 15 is 0 Å². The number of nitrogen functional groups attached to an aromatic ring is 1. The highest BCUT2D eigenvalue weighted by Crippen LogP contribution is 1.81. The number of aromatic nitrogens is 2. The van der Waals surface area contributed by atoms with E-state index in [1.807, 2.05) is 0 Å². The molecule has 7 heavy (non-hydrogen) atoms. The lowest BCUT2D eigenvalue weighted by atomic mass is 11.0. The monoisotopic (exact) mass is 211 g/mol. The molecule has 3 nitrogen and oxygen atoms in total. The quantitative estimate of drug-likeness (QED) is 0.617. The van der Waals surface area contributed by atoms with Crippen LogP contribution in [0.4, 0.5) is 5.95 Å². The Hall–Kier alpha value is -0.260. The van der Waals surface area contributed by atoms with Crippen molar-refractivity contribution >= 4 is 29.9 Å². The third kappa shape index (κ3) is 1.77. The van der Waals surface area contributed by atoms with Crippen molar-refractivity contribution in [2.45, 2.75) is 0 Å². The highest BCUT2D eigenvalue weighted by atomic mass is 127. The number of H-pyrrole nitrogens is 1. The Morgan fingerprint density at radius 1 is 1.71 bits per heavy atom. The number of halogens is 1. The average Bonchev–Trinajstić information content (AvgIpc) is 1.86. The molecular weight excluding hydrogens is 205 g/mol. The summed E-state index contributed by atoms with van der Waals surface area (Å²) in [6.07, 6.45) is 3.28. The molecule has 0 bridgehead atoms. The van der Waals surface area contributed by atoms with E-state index in [0.717, 1.165) is 0 Å². The van der Waals surface area contributed by atoms with Gasteiger partial charge in [0.1, 0.15) is 0 Å².